The van der Waals surface area contributed by atoms with Crippen LogP contribution in [0.2, 0.25) is 0 Å². The van der Waals surface area contributed by atoms with E-state index < -0.39 is 0 Å². The molecule has 3 N–H and O–H groups in total. The summed E-state index contributed by atoms with van der Waals surface area (Å²) in [5.74, 6) is 7.18. The highest BCUT2D eigenvalue weighted by Crippen LogP contribution is 2.57. The predicted octanol–water partition coefficient (Wildman–Crippen LogP) is 11.9. The molecule has 0 aromatic heterocycles. The first-order chi connectivity index (χ1) is 30.4. The third-order valence-corrected chi connectivity index (χ3v) is 13.4. The Kier molecular flexibility index (Phi) is 29.5. The van der Waals surface area contributed by atoms with Crippen molar-refractivity contribution in [3.63, 3.8) is 0 Å². The Balaban J connectivity index is 0.000000768. The van der Waals surface area contributed by atoms with Crippen LogP contribution in [0.25, 0.3) is 0 Å². The van der Waals surface area contributed by atoms with Gasteiger partial charge in [0.25, 0.3) is 0 Å². The molecular formula is C56H112N4O6. The quantitative estimate of drug-likeness (QED) is 0.234. The Morgan fingerprint density at radius 1 is 0.682 bits per heavy atom. The smallest absolute Gasteiger partial charge is 0.223 e. The van der Waals surface area contributed by atoms with Gasteiger partial charge in [-0.3, -0.25) is 19.3 Å². The molecule has 5 saturated carbocycles. The summed E-state index contributed by atoms with van der Waals surface area (Å²) in [5.41, 5.74) is 5.26. The molecule has 66 heavy (non-hydrogen) atoms. The molecule has 0 aromatic carbocycles. The van der Waals surface area contributed by atoms with Crippen LogP contribution in [0, 0.1) is 58.7 Å². The fourth-order valence-electron chi connectivity index (χ4n) is 9.44. The number of carbonyl (C=O) groups excluding carboxylic acids is 3. The number of primary amides is 1. The van der Waals surface area contributed by atoms with Crippen molar-refractivity contribution in [2.75, 3.05) is 53.4 Å². The number of fused-ring (bicyclic) bond motifs is 1. The highest BCUT2D eigenvalue weighted by Gasteiger charge is 2.52. The molecule has 0 bridgehead atoms. The van der Waals surface area contributed by atoms with Gasteiger partial charge in [0.15, 0.2) is 0 Å². The largest absolute Gasteiger partial charge is 0.376 e. The van der Waals surface area contributed by atoms with Crippen LogP contribution in [-0.4, -0.2) is 110 Å². The standard InChI is InChI=1S/C11H21NO2.C11H20O.C10H21NO.C9H17NO.C6H12.C5H9NO.2C2H6/c1-9(13)7-12-6-5-10(8-12)14-11(2,3)4;1-11(2,3)12-7-10-8-5-4-6-9(8)10;1-10(2,3)12-9-6-5-7-11(4)8-9;1-9(2,3)7-5-6(7)8(11)10-4;1-3-6-4-5(6)2;1-3-2-4(3)5(6)7;2*1-2/h10H,5-8H2,1-4H3;8-10H,4-7H2,1-3H3;9H,5-8H2,1-4H3;6-7H,5H2,1-4H3,(H,10,11);5-6H,3-4H2,1-2H3;3-4H,2H2,1H3,(H2,6,7);2*1-2H3/t;8-,9+,10?;;;5-,6-;3-,4-;;/m....00../s1. The molecule has 5 aliphatic carbocycles. The zero-order chi connectivity index (χ0) is 51.4. The zero-order valence-electron chi connectivity index (χ0n) is 47.6. The molecule has 11 atom stereocenters. The fraction of sp³-hybridized carbons (Fsp3) is 0.946. The Morgan fingerprint density at radius 3 is 1.50 bits per heavy atom. The van der Waals surface area contributed by atoms with Gasteiger partial charge in [-0.05, 0) is 181 Å². The number of Topliss-reactive ketones (excluding diaryl/α,β-unsaturated/α-hetero) is 1. The first-order valence-corrected chi connectivity index (χ1v) is 26.8. The highest BCUT2D eigenvalue weighted by atomic mass is 16.5. The van der Waals surface area contributed by atoms with Gasteiger partial charge < -0.3 is 30.2 Å². The van der Waals surface area contributed by atoms with Gasteiger partial charge in [-0.2, -0.15) is 0 Å². The monoisotopic (exact) mass is 937 g/mol. The van der Waals surface area contributed by atoms with Gasteiger partial charge in [0.2, 0.25) is 11.8 Å². The van der Waals surface area contributed by atoms with Crippen LogP contribution in [0.15, 0.2) is 0 Å². The van der Waals surface area contributed by atoms with E-state index in [4.69, 9.17) is 19.9 Å². The van der Waals surface area contributed by atoms with Crippen LogP contribution in [0.5, 0.6) is 0 Å². The van der Waals surface area contributed by atoms with E-state index in [1.807, 2.05) is 34.6 Å². The van der Waals surface area contributed by atoms with Gasteiger partial charge in [0.1, 0.15) is 5.78 Å². The number of nitrogens with two attached hydrogens (primary N) is 1. The second-order valence-corrected chi connectivity index (χ2v) is 24.2. The number of carbonyl (C=O) groups is 3. The molecule has 0 radical (unpaired) electrons. The topological polar surface area (TPSA) is 123 Å². The number of nitrogens with zero attached hydrogens (tertiary/aromatic N) is 2. The molecule has 2 aliphatic heterocycles. The summed E-state index contributed by atoms with van der Waals surface area (Å²) >= 11 is 0. The number of likely N-dealkylation sites (tertiary alicyclic amines) is 2. The summed E-state index contributed by atoms with van der Waals surface area (Å²) in [7, 11) is 3.87. The first kappa shape index (κ1) is 64.4. The van der Waals surface area contributed by atoms with Crippen LogP contribution in [0.1, 0.15) is 203 Å². The predicted molar refractivity (Wildman–Crippen MR) is 280 cm³/mol. The lowest BCUT2D eigenvalue weighted by molar-refractivity contribution is -0.122. The molecule has 7 fully saturated rings. The van der Waals surface area contributed by atoms with E-state index in [2.05, 4.69) is 119 Å². The van der Waals surface area contributed by atoms with E-state index >= 15 is 0 Å². The average molecular weight is 938 g/mol. The van der Waals surface area contributed by atoms with E-state index in [9.17, 15) is 14.4 Å². The second-order valence-electron chi connectivity index (χ2n) is 24.2. The van der Waals surface area contributed by atoms with E-state index in [1.165, 1.54) is 51.5 Å². The Bertz CT molecular complexity index is 1330. The number of amides is 2. The molecule has 10 heteroatoms. The Hall–Kier alpha value is -1.59. The van der Waals surface area contributed by atoms with Gasteiger partial charge in [-0.25, -0.2) is 0 Å². The van der Waals surface area contributed by atoms with Crippen LogP contribution in [0.3, 0.4) is 0 Å². The average Bonchev–Trinajstić information content (AvgIpc) is 4.15. The first-order valence-electron chi connectivity index (χ1n) is 26.8. The Morgan fingerprint density at radius 2 is 1.18 bits per heavy atom. The number of nitrogens with one attached hydrogen (secondary N) is 1. The maximum Gasteiger partial charge on any atom is 0.223 e. The summed E-state index contributed by atoms with van der Waals surface area (Å²) < 4.78 is 17.6. The van der Waals surface area contributed by atoms with Gasteiger partial charge in [0, 0.05) is 38.5 Å². The molecule has 0 spiro atoms. The minimum absolute atomic E-state index is 0.0167. The summed E-state index contributed by atoms with van der Waals surface area (Å²) in [6, 6.07) is 0. The van der Waals surface area contributed by atoms with Gasteiger partial charge in [-0.15, -0.1) is 0 Å². The fourth-order valence-corrected chi connectivity index (χ4v) is 9.44. The van der Waals surface area contributed by atoms with Crippen molar-refractivity contribution in [2.24, 2.45) is 64.4 Å². The molecule has 7 rings (SSSR count). The SMILES string of the molecule is CC.CC.CC(=O)CN1CCC(OC(C)(C)C)C1.CC(C)(C)OCC1[C@H]2CCC[C@@H]12.CC[C@H]1C[C@@H]1C.CN1CCCC(OC(C)(C)C)C1.CNC(=O)C1CC1C(C)(C)C.C[C@H]1C[C@@H]1C(N)=O. The lowest BCUT2D eigenvalue weighted by Crippen LogP contribution is -2.40. The number of hydrogen-bond acceptors (Lipinski definition) is 8. The molecular weight excluding hydrogens is 825 g/mol. The molecule has 2 heterocycles. The van der Waals surface area contributed by atoms with Crippen LogP contribution >= 0.6 is 0 Å². The maximum absolute atomic E-state index is 11.1. The normalized spacial score (nSPS) is 30.4. The van der Waals surface area contributed by atoms with Crippen molar-refractivity contribution in [2.45, 2.75) is 232 Å². The lowest BCUT2D eigenvalue weighted by Gasteiger charge is -2.34. The van der Waals surface area contributed by atoms with Crippen molar-refractivity contribution < 1.29 is 28.6 Å². The molecule has 7 aliphatic rings. The lowest BCUT2D eigenvalue weighted by atomic mass is 9.89. The number of likely N-dealkylation sites (N-methyl/N-ethyl adjacent to an activating group) is 1. The van der Waals surface area contributed by atoms with Crippen LogP contribution in [0.4, 0.5) is 0 Å². The molecule has 2 saturated heterocycles. The number of piperidine rings is 1. The maximum atomic E-state index is 11.1. The molecule has 2 amide bonds. The second kappa shape index (κ2) is 30.2. The summed E-state index contributed by atoms with van der Waals surface area (Å²) in [6.07, 6.45) is 13.7. The van der Waals surface area contributed by atoms with Gasteiger partial charge in [-0.1, -0.05) is 82.1 Å². The third-order valence-electron chi connectivity index (χ3n) is 13.4. The zero-order valence-corrected chi connectivity index (χ0v) is 47.6. The van der Waals surface area contributed by atoms with Gasteiger partial charge in [0.05, 0.1) is 42.2 Å². The molecule has 0 aromatic rings. The third kappa shape index (κ3) is 29.4. The minimum Gasteiger partial charge on any atom is -0.376 e. The van der Waals surface area contributed by atoms with Gasteiger partial charge >= 0.3 is 0 Å². The van der Waals surface area contributed by atoms with Crippen LogP contribution in [-0.2, 0) is 28.6 Å². The highest BCUT2D eigenvalue weighted by molar-refractivity contribution is 5.81. The minimum atomic E-state index is -0.132. The molecule has 10 nitrogen and oxygen atoms in total. The summed E-state index contributed by atoms with van der Waals surface area (Å²) in [6.45, 7) is 47.7. The number of ketones is 1. The summed E-state index contributed by atoms with van der Waals surface area (Å²) in [5, 5.41) is 2.69. The molecule has 5 unspecified atom stereocenters. The van der Waals surface area contributed by atoms with E-state index in [0.717, 1.165) is 75.1 Å². The van der Waals surface area contributed by atoms with Crippen molar-refractivity contribution in [1.82, 2.24) is 15.1 Å². The van der Waals surface area contributed by atoms with Crippen LogP contribution < -0.4 is 11.1 Å². The number of ether oxygens (including phenoxy) is 3. The molecule has 392 valence electrons. The number of rotatable bonds is 9. The van der Waals surface area contributed by atoms with E-state index in [-0.39, 0.29) is 40.3 Å². The Labute approximate surface area is 409 Å². The van der Waals surface area contributed by atoms with E-state index in [0.29, 0.717) is 41.9 Å². The van der Waals surface area contributed by atoms with Crippen molar-refractivity contribution in [3.05, 3.63) is 0 Å². The van der Waals surface area contributed by atoms with E-state index in [1.54, 1.807) is 14.0 Å². The number of hydrogen-bond donors (Lipinski definition) is 2. The summed E-state index contributed by atoms with van der Waals surface area (Å²) in [4.78, 5) is 36.7. The van der Waals surface area contributed by atoms with Crippen molar-refractivity contribution >= 4 is 17.6 Å². The van der Waals surface area contributed by atoms with Crippen molar-refractivity contribution in [1.29, 1.82) is 0 Å². The van der Waals surface area contributed by atoms with Crippen molar-refractivity contribution in [3.8, 4) is 0 Å².